The van der Waals surface area contributed by atoms with Crippen LogP contribution in [0, 0.1) is 5.41 Å². The van der Waals surface area contributed by atoms with E-state index in [0.717, 1.165) is 37.3 Å². The smallest absolute Gasteiger partial charge is 0.228 e. The maximum absolute atomic E-state index is 6.27. The molecule has 6 N–H and O–H groups in total. The summed E-state index contributed by atoms with van der Waals surface area (Å²) in [5, 5.41) is 9.19. The molecule has 1 spiro atoms. The summed E-state index contributed by atoms with van der Waals surface area (Å²) < 4.78 is 0. The molecule has 2 aromatic heterocycles. The number of nitrogens with one attached hydrogen (secondary N) is 2. The zero-order chi connectivity index (χ0) is 22.3. The van der Waals surface area contributed by atoms with E-state index < -0.39 is 0 Å². The van der Waals surface area contributed by atoms with Gasteiger partial charge >= 0.3 is 0 Å². The highest BCUT2D eigenvalue weighted by Gasteiger charge is 2.43. The number of nitrogens with zero attached hydrogens (tertiary/aromatic N) is 5. The third-order valence-corrected chi connectivity index (χ3v) is 6.64. The van der Waals surface area contributed by atoms with E-state index in [0.29, 0.717) is 34.1 Å². The van der Waals surface area contributed by atoms with Crippen molar-refractivity contribution in [2.75, 3.05) is 47.1 Å². The van der Waals surface area contributed by atoms with Crippen molar-refractivity contribution in [3.8, 4) is 0 Å². The Balaban J connectivity index is 1.33. The summed E-state index contributed by atoms with van der Waals surface area (Å²) in [7, 11) is 0. The lowest BCUT2D eigenvalue weighted by Gasteiger charge is -2.53. The van der Waals surface area contributed by atoms with Gasteiger partial charge in [0.2, 0.25) is 5.95 Å². The minimum absolute atomic E-state index is 0.0778. The van der Waals surface area contributed by atoms with E-state index in [4.69, 9.17) is 16.6 Å². The van der Waals surface area contributed by atoms with Crippen LogP contribution in [0.5, 0.6) is 0 Å². The molecule has 9 nitrogen and oxygen atoms in total. The maximum atomic E-state index is 6.27. The van der Waals surface area contributed by atoms with E-state index in [9.17, 15) is 0 Å². The zero-order valence-electron chi connectivity index (χ0n) is 18.7. The number of rotatable bonds is 5. The van der Waals surface area contributed by atoms with E-state index in [1.165, 1.54) is 12.8 Å². The molecule has 0 saturated carbocycles. The molecular weight excluding hydrogens is 402 g/mol. The Bertz CT molecular complexity index is 1100. The Labute approximate surface area is 188 Å². The molecular formula is C23H31N9. The van der Waals surface area contributed by atoms with Gasteiger partial charge in [0.1, 0.15) is 17.0 Å². The minimum Gasteiger partial charge on any atom is -0.397 e. The molecule has 0 atom stereocenters. The van der Waals surface area contributed by atoms with Crippen LogP contribution in [0.2, 0.25) is 0 Å². The van der Waals surface area contributed by atoms with Crippen molar-refractivity contribution < 1.29 is 0 Å². The lowest BCUT2D eigenvalue weighted by Crippen LogP contribution is -2.60. The van der Waals surface area contributed by atoms with Crippen LogP contribution < -0.4 is 32.1 Å². The molecule has 2 aliphatic heterocycles. The van der Waals surface area contributed by atoms with Crippen molar-refractivity contribution in [3.05, 3.63) is 36.7 Å². The summed E-state index contributed by atoms with van der Waals surface area (Å²) in [5.41, 5.74) is 9.87. The van der Waals surface area contributed by atoms with Crippen molar-refractivity contribution in [1.82, 2.24) is 20.3 Å². The third kappa shape index (κ3) is 3.78. The Hall–Kier alpha value is -3.17. The van der Waals surface area contributed by atoms with Gasteiger partial charge in [-0.15, -0.1) is 0 Å². The molecule has 32 heavy (non-hydrogen) atoms. The molecule has 0 radical (unpaired) electrons. The number of nitrogens with two attached hydrogens (primary N) is 2. The van der Waals surface area contributed by atoms with Crippen molar-refractivity contribution in [1.29, 1.82) is 0 Å². The van der Waals surface area contributed by atoms with E-state index in [1.807, 2.05) is 38.2 Å². The molecule has 2 saturated heterocycles. The van der Waals surface area contributed by atoms with Crippen molar-refractivity contribution in [3.63, 3.8) is 0 Å². The first-order valence-electron chi connectivity index (χ1n) is 11.2. The monoisotopic (exact) mass is 433 g/mol. The number of nitrogen functional groups attached to an aromatic ring is 1. The molecule has 1 aromatic carbocycles. The molecule has 3 aromatic rings. The maximum Gasteiger partial charge on any atom is 0.228 e. The first-order chi connectivity index (χ1) is 15.4. The third-order valence-electron chi connectivity index (χ3n) is 6.64. The normalized spacial score (nSPS) is 17.6. The second kappa shape index (κ2) is 8.07. The molecule has 0 amide bonds. The quantitative estimate of drug-likeness (QED) is 0.273. The highest BCUT2D eigenvalue weighted by Crippen LogP contribution is 2.41. The topological polar surface area (TPSA) is 121 Å². The van der Waals surface area contributed by atoms with E-state index >= 15 is 0 Å². The average molecular weight is 434 g/mol. The van der Waals surface area contributed by atoms with Gasteiger partial charge in [0, 0.05) is 36.1 Å². The van der Waals surface area contributed by atoms with Gasteiger partial charge in [0.25, 0.3) is 0 Å². The number of benzene rings is 1. The summed E-state index contributed by atoms with van der Waals surface area (Å²) in [5.74, 6) is 7.43. The van der Waals surface area contributed by atoms with Gasteiger partial charge < -0.3 is 26.3 Å². The minimum atomic E-state index is 0.0778. The molecule has 9 heteroatoms. The van der Waals surface area contributed by atoms with Crippen LogP contribution in [-0.4, -0.2) is 47.2 Å². The lowest BCUT2D eigenvalue weighted by molar-refractivity contribution is 0.150. The lowest BCUT2D eigenvalue weighted by atomic mass is 9.72. The molecule has 0 bridgehead atoms. The number of hydrazine groups is 1. The number of hydrogen-bond donors (Lipinski definition) is 4. The largest absolute Gasteiger partial charge is 0.397 e. The van der Waals surface area contributed by atoms with Crippen LogP contribution in [0.4, 0.5) is 28.8 Å². The highest BCUT2D eigenvalue weighted by molar-refractivity contribution is 5.97. The van der Waals surface area contributed by atoms with Gasteiger partial charge in [-0.2, -0.15) is 0 Å². The summed E-state index contributed by atoms with van der Waals surface area (Å²) in [4.78, 5) is 16.1. The number of piperidine rings is 1. The molecule has 4 heterocycles. The molecule has 2 fully saturated rings. The molecule has 2 aliphatic rings. The fraction of sp³-hybridized carbons (Fsp3) is 0.435. The highest BCUT2D eigenvalue weighted by atomic mass is 15.4. The molecule has 0 unspecified atom stereocenters. The molecule has 5 rings (SSSR count). The predicted octanol–water partition coefficient (Wildman–Crippen LogP) is 2.63. The average Bonchev–Trinajstić information content (AvgIpc) is 2.78. The summed E-state index contributed by atoms with van der Waals surface area (Å²) in [6, 6.07) is 7.89. The van der Waals surface area contributed by atoms with Crippen molar-refractivity contribution in [2.24, 2.45) is 11.3 Å². The Morgan fingerprint density at radius 2 is 1.88 bits per heavy atom. The van der Waals surface area contributed by atoms with Crippen molar-refractivity contribution >= 4 is 39.7 Å². The van der Waals surface area contributed by atoms with Gasteiger partial charge in [-0.1, -0.05) is 0 Å². The second-order valence-electron chi connectivity index (χ2n) is 9.27. The van der Waals surface area contributed by atoms with E-state index in [1.54, 1.807) is 11.2 Å². The van der Waals surface area contributed by atoms with Gasteiger partial charge in [-0.3, -0.25) is 0 Å². The van der Waals surface area contributed by atoms with Crippen LogP contribution in [0.25, 0.3) is 10.9 Å². The van der Waals surface area contributed by atoms with Crippen LogP contribution in [0.1, 0.15) is 26.7 Å². The predicted molar refractivity (Wildman–Crippen MR) is 130 cm³/mol. The first-order valence-corrected chi connectivity index (χ1v) is 11.2. The van der Waals surface area contributed by atoms with Crippen LogP contribution in [0.15, 0.2) is 36.7 Å². The zero-order valence-corrected chi connectivity index (χ0v) is 18.7. The van der Waals surface area contributed by atoms with E-state index in [2.05, 4.69) is 31.6 Å². The fourth-order valence-electron chi connectivity index (χ4n) is 4.67. The van der Waals surface area contributed by atoms with E-state index in [-0.39, 0.29) is 6.04 Å². The number of aromatic nitrogens is 3. The Kier molecular flexibility index (Phi) is 5.22. The standard InChI is InChI=1S/C23H31N9/c1-15(2)32(25)21-18(24)5-3-16-11-28-22(30-20(16)21)29-19-6-4-17(12-27-19)31-13-23(14-31)7-9-26-10-8-23/h3-6,11-12,15,26H,7-10,13-14,24-25H2,1-2H3,(H,27,28,29,30). The Morgan fingerprint density at radius 1 is 1.09 bits per heavy atom. The van der Waals surface area contributed by atoms with Crippen LogP contribution in [-0.2, 0) is 0 Å². The summed E-state index contributed by atoms with van der Waals surface area (Å²) in [6.45, 7) is 8.52. The number of pyridine rings is 1. The molecule has 0 aliphatic carbocycles. The van der Waals surface area contributed by atoms with Crippen LogP contribution in [0.3, 0.4) is 0 Å². The molecule has 168 valence electrons. The first kappa shape index (κ1) is 20.7. The van der Waals surface area contributed by atoms with Crippen LogP contribution >= 0.6 is 0 Å². The number of anilines is 5. The number of fused-ring (bicyclic) bond motifs is 1. The summed E-state index contributed by atoms with van der Waals surface area (Å²) in [6.07, 6.45) is 6.22. The number of hydrogen-bond acceptors (Lipinski definition) is 9. The van der Waals surface area contributed by atoms with Gasteiger partial charge in [0.15, 0.2) is 0 Å². The van der Waals surface area contributed by atoms with Gasteiger partial charge in [-0.05, 0) is 64.0 Å². The SMILES string of the molecule is CC(C)N(N)c1c(N)ccc2cnc(Nc3ccc(N4CC5(CCNCC5)C4)cn3)nc12. The van der Waals surface area contributed by atoms with Gasteiger partial charge in [-0.25, -0.2) is 20.8 Å². The second-order valence-corrected chi connectivity index (χ2v) is 9.27. The fourth-order valence-corrected chi connectivity index (χ4v) is 4.67. The van der Waals surface area contributed by atoms with Crippen molar-refractivity contribution in [2.45, 2.75) is 32.7 Å². The summed E-state index contributed by atoms with van der Waals surface area (Å²) >= 11 is 0. The van der Waals surface area contributed by atoms with Gasteiger partial charge in [0.05, 0.1) is 17.6 Å². The Morgan fingerprint density at radius 3 is 2.56 bits per heavy atom.